The number of nitriles is 2. The van der Waals surface area contributed by atoms with E-state index in [0.29, 0.717) is 15.5 Å². The summed E-state index contributed by atoms with van der Waals surface area (Å²) >= 11 is 7.00. The predicted molar refractivity (Wildman–Crippen MR) is 123 cm³/mol. The van der Waals surface area contributed by atoms with Gasteiger partial charge in [0.05, 0.1) is 22.4 Å². The van der Waals surface area contributed by atoms with Crippen LogP contribution in [0, 0.1) is 29.6 Å². The van der Waals surface area contributed by atoms with Gasteiger partial charge in [-0.05, 0) is 41.0 Å². The minimum absolute atomic E-state index is 0.212. The number of hydrogen-bond donors (Lipinski definition) is 1. The molecule has 140 valence electrons. The van der Waals surface area contributed by atoms with E-state index in [1.54, 1.807) is 0 Å². The lowest BCUT2D eigenvalue weighted by Crippen LogP contribution is -2.42. The molecular weight excluding hydrogens is 394 g/mol. The zero-order chi connectivity index (χ0) is 20.4. The summed E-state index contributed by atoms with van der Waals surface area (Å²) in [7, 11) is 0. The molecule has 1 heterocycles. The van der Waals surface area contributed by atoms with Crippen LogP contribution in [-0.2, 0) is 4.87 Å². The van der Waals surface area contributed by atoms with Crippen LogP contribution in [0.15, 0.2) is 72.3 Å². The van der Waals surface area contributed by atoms with Crippen LogP contribution in [-0.4, -0.2) is 4.20 Å². The highest BCUT2D eigenvalue weighted by Gasteiger charge is 2.41. The van der Waals surface area contributed by atoms with E-state index in [-0.39, 0.29) is 6.42 Å². The highest BCUT2D eigenvalue weighted by Crippen LogP contribution is 2.46. The van der Waals surface area contributed by atoms with Crippen LogP contribution in [0.3, 0.4) is 0 Å². The second kappa shape index (κ2) is 7.72. The summed E-state index contributed by atoms with van der Waals surface area (Å²) in [5.41, 5.74) is 4.09. The molecule has 1 aliphatic heterocycles. The Bertz CT molecular complexity index is 1250. The zero-order valence-corrected chi connectivity index (χ0v) is 17.4. The molecule has 0 saturated carbocycles. The Morgan fingerprint density at radius 3 is 2.52 bits per heavy atom. The van der Waals surface area contributed by atoms with Gasteiger partial charge < -0.3 is 5.32 Å². The standard InChI is InChI=1S/C24H17N3S2/c1-16-5-4-8-19(13-16)22-21(15-26)23(28)29-24(27-22,11-12-25)20-10-9-17-6-2-3-7-18(17)14-20/h2-10,13-14,27H,11H2,1H3. The number of thiocarbonyl (C=S) groups is 1. The van der Waals surface area contributed by atoms with Gasteiger partial charge in [0.15, 0.2) is 0 Å². The number of nitrogens with one attached hydrogen (secondary N) is 1. The van der Waals surface area contributed by atoms with Crippen molar-refractivity contribution < 1.29 is 0 Å². The van der Waals surface area contributed by atoms with E-state index in [4.69, 9.17) is 12.2 Å². The number of hydrogen-bond acceptors (Lipinski definition) is 5. The average Bonchev–Trinajstić information content (AvgIpc) is 2.73. The van der Waals surface area contributed by atoms with E-state index in [9.17, 15) is 10.5 Å². The van der Waals surface area contributed by atoms with E-state index < -0.39 is 4.87 Å². The number of benzene rings is 3. The van der Waals surface area contributed by atoms with Crippen molar-refractivity contribution in [2.75, 3.05) is 0 Å². The molecular formula is C24H17N3S2. The van der Waals surface area contributed by atoms with Crippen molar-refractivity contribution >= 4 is 44.6 Å². The third-order valence-electron chi connectivity index (χ3n) is 5.01. The van der Waals surface area contributed by atoms with Crippen molar-refractivity contribution in [1.29, 1.82) is 10.5 Å². The van der Waals surface area contributed by atoms with Crippen molar-refractivity contribution in [2.45, 2.75) is 18.2 Å². The molecule has 0 saturated heterocycles. The molecule has 0 bridgehead atoms. The summed E-state index contributed by atoms with van der Waals surface area (Å²) in [6.07, 6.45) is 0.212. The molecule has 1 aliphatic rings. The minimum atomic E-state index is -0.755. The van der Waals surface area contributed by atoms with Gasteiger partial charge >= 0.3 is 0 Å². The maximum absolute atomic E-state index is 9.76. The van der Waals surface area contributed by atoms with E-state index in [0.717, 1.165) is 27.5 Å². The second-order valence-corrected chi connectivity index (χ2v) is 8.95. The van der Waals surface area contributed by atoms with Crippen LogP contribution in [0.1, 0.15) is 23.1 Å². The lowest BCUT2D eigenvalue weighted by atomic mass is 9.97. The van der Waals surface area contributed by atoms with Gasteiger partial charge in [0.25, 0.3) is 0 Å². The monoisotopic (exact) mass is 411 g/mol. The van der Waals surface area contributed by atoms with Gasteiger partial charge in [0.1, 0.15) is 16.5 Å². The molecule has 1 N–H and O–H groups in total. The second-order valence-electron chi connectivity index (χ2n) is 6.97. The van der Waals surface area contributed by atoms with Crippen LogP contribution in [0.5, 0.6) is 0 Å². The summed E-state index contributed by atoms with van der Waals surface area (Å²) in [4.78, 5) is -0.755. The van der Waals surface area contributed by atoms with Crippen molar-refractivity contribution in [3.63, 3.8) is 0 Å². The van der Waals surface area contributed by atoms with Gasteiger partial charge in [-0.1, -0.05) is 84.1 Å². The molecule has 1 unspecified atom stereocenters. The largest absolute Gasteiger partial charge is 0.364 e. The van der Waals surface area contributed by atoms with Crippen LogP contribution < -0.4 is 5.32 Å². The SMILES string of the molecule is Cc1cccc(C2=C(C#N)C(=S)SC(CC#N)(c3ccc4ccccc4c3)N2)c1. The molecule has 0 spiro atoms. The molecule has 0 fully saturated rings. The molecule has 0 aromatic heterocycles. The molecule has 0 radical (unpaired) electrons. The molecule has 0 aliphatic carbocycles. The fourth-order valence-electron chi connectivity index (χ4n) is 3.59. The number of rotatable bonds is 3. The number of aryl methyl sites for hydroxylation is 1. The van der Waals surface area contributed by atoms with Crippen LogP contribution in [0.4, 0.5) is 0 Å². The molecule has 0 amide bonds. The highest BCUT2D eigenvalue weighted by molar-refractivity contribution is 8.24. The molecule has 4 rings (SSSR count). The molecule has 5 heteroatoms. The fourth-order valence-corrected chi connectivity index (χ4v) is 5.26. The van der Waals surface area contributed by atoms with Gasteiger partial charge in [-0.2, -0.15) is 10.5 Å². The van der Waals surface area contributed by atoms with Crippen molar-refractivity contribution in [1.82, 2.24) is 5.32 Å². The summed E-state index contributed by atoms with van der Waals surface area (Å²) in [6.45, 7) is 2.01. The maximum atomic E-state index is 9.76. The normalized spacial score (nSPS) is 18.8. The van der Waals surface area contributed by atoms with Crippen molar-refractivity contribution in [2.24, 2.45) is 0 Å². The van der Waals surface area contributed by atoms with Crippen molar-refractivity contribution in [3.05, 3.63) is 89.0 Å². The smallest absolute Gasteiger partial charge is 0.128 e. The van der Waals surface area contributed by atoms with E-state index >= 15 is 0 Å². The molecule has 3 aromatic carbocycles. The van der Waals surface area contributed by atoms with Crippen LogP contribution in [0.2, 0.25) is 0 Å². The Balaban J connectivity index is 1.90. The van der Waals surface area contributed by atoms with E-state index in [2.05, 4.69) is 41.7 Å². The lowest BCUT2D eigenvalue weighted by Gasteiger charge is -2.39. The lowest BCUT2D eigenvalue weighted by molar-refractivity contribution is 0.586. The van der Waals surface area contributed by atoms with Gasteiger partial charge in [-0.25, -0.2) is 0 Å². The molecule has 3 nitrogen and oxygen atoms in total. The third kappa shape index (κ3) is 3.51. The first-order valence-electron chi connectivity index (χ1n) is 9.15. The fraction of sp³-hybridized carbons (Fsp3) is 0.125. The van der Waals surface area contributed by atoms with Crippen LogP contribution in [0.25, 0.3) is 16.5 Å². The predicted octanol–water partition coefficient (Wildman–Crippen LogP) is 5.81. The van der Waals surface area contributed by atoms with E-state index in [1.807, 2.05) is 49.4 Å². The highest BCUT2D eigenvalue weighted by atomic mass is 32.2. The molecule has 3 aromatic rings. The quantitative estimate of drug-likeness (QED) is 0.551. The van der Waals surface area contributed by atoms with E-state index in [1.165, 1.54) is 11.8 Å². The number of nitrogens with zero attached hydrogens (tertiary/aromatic N) is 2. The first-order chi connectivity index (χ1) is 14.1. The average molecular weight is 412 g/mol. The summed E-state index contributed by atoms with van der Waals surface area (Å²) in [5, 5.41) is 25.2. The first kappa shape index (κ1) is 19.2. The zero-order valence-electron chi connectivity index (χ0n) is 15.8. The molecule has 1 atom stereocenters. The Hall–Kier alpha value is -3.12. The molecule has 29 heavy (non-hydrogen) atoms. The topological polar surface area (TPSA) is 59.6 Å². The van der Waals surface area contributed by atoms with Crippen molar-refractivity contribution in [3.8, 4) is 12.1 Å². The van der Waals surface area contributed by atoms with Gasteiger partial charge in [-0.3, -0.25) is 0 Å². The Labute approximate surface area is 179 Å². The Kier molecular flexibility index (Phi) is 5.11. The van der Waals surface area contributed by atoms with Gasteiger partial charge in [-0.15, -0.1) is 0 Å². The minimum Gasteiger partial charge on any atom is -0.364 e. The summed E-state index contributed by atoms with van der Waals surface area (Å²) in [5.74, 6) is 0. The summed E-state index contributed by atoms with van der Waals surface area (Å²) in [6, 6.07) is 26.8. The third-order valence-corrected chi connectivity index (χ3v) is 6.68. The first-order valence-corrected chi connectivity index (χ1v) is 10.4. The Morgan fingerprint density at radius 1 is 1.00 bits per heavy atom. The maximum Gasteiger partial charge on any atom is 0.128 e. The van der Waals surface area contributed by atoms with Gasteiger partial charge in [0.2, 0.25) is 0 Å². The van der Waals surface area contributed by atoms with Crippen LogP contribution >= 0.6 is 24.0 Å². The number of fused-ring (bicyclic) bond motifs is 1. The summed E-state index contributed by atoms with van der Waals surface area (Å²) < 4.78 is 0.506. The number of thioether (sulfide) groups is 1. The Morgan fingerprint density at radius 2 is 1.79 bits per heavy atom. The van der Waals surface area contributed by atoms with Gasteiger partial charge in [0, 0.05) is 0 Å².